The van der Waals surface area contributed by atoms with E-state index in [4.69, 9.17) is 5.73 Å². The Morgan fingerprint density at radius 1 is 1.33 bits per heavy atom. The zero-order valence-corrected chi connectivity index (χ0v) is 13.6. The van der Waals surface area contributed by atoms with E-state index in [1.807, 2.05) is 0 Å². The maximum Gasteiger partial charge on any atom is 0.230 e. The van der Waals surface area contributed by atoms with E-state index in [0.717, 1.165) is 25.7 Å². The van der Waals surface area contributed by atoms with Crippen LogP contribution >= 0.6 is 0 Å². The number of rotatable bonds is 7. The maximum absolute atomic E-state index is 13.1. The average molecular weight is 288 g/mol. The fourth-order valence-corrected chi connectivity index (χ4v) is 2.99. The lowest BCUT2D eigenvalue weighted by Crippen LogP contribution is -2.48. The van der Waals surface area contributed by atoms with Crippen LogP contribution in [0.3, 0.4) is 0 Å². The Kier molecular flexibility index (Phi) is 5.04. The standard InChI is InChI=1S/C18H28N2O/c1-4-18(5-2,13-19)17(21)20(16-9-10-16)12-15-8-6-7-14(3)11-15/h6-8,11,16H,4-5,9-10,12-13,19H2,1-3H3. The van der Waals surface area contributed by atoms with Crippen LogP contribution in [0.2, 0.25) is 0 Å². The van der Waals surface area contributed by atoms with Crippen LogP contribution in [0.5, 0.6) is 0 Å². The first kappa shape index (κ1) is 16.0. The van der Waals surface area contributed by atoms with Gasteiger partial charge in [0.15, 0.2) is 0 Å². The number of hydrogen-bond acceptors (Lipinski definition) is 2. The predicted octanol–water partition coefficient (Wildman–Crippen LogP) is 3.25. The van der Waals surface area contributed by atoms with Crippen molar-refractivity contribution >= 4 is 5.91 Å². The third-order valence-corrected chi connectivity index (χ3v) is 4.88. The van der Waals surface area contributed by atoms with E-state index in [0.29, 0.717) is 19.1 Å². The van der Waals surface area contributed by atoms with Crippen LogP contribution in [0.4, 0.5) is 0 Å². The molecule has 1 aliphatic rings. The van der Waals surface area contributed by atoms with Crippen LogP contribution in [0.15, 0.2) is 24.3 Å². The van der Waals surface area contributed by atoms with E-state index in [9.17, 15) is 4.79 Å². The first-order valence-electron chi connectivity index (χ1n) is 8.13. The summed E-state index contributed by atoms with van der Waals surface area (Å²) in [5.74, 6) is 0.249. The summed E-state index contributed by atoms with van der Waals surface area (Å²) in [4.78, 5) is 15.2. The largest absolute Gasteiger partial charge is 0.335 e. The van der Waals surface area contributed by atoms with E-state index in [2.05, 4.69) is 49.9 Å². The Hall–Kier alpha value is -1.35. The molecule has 0 saturated heterocycles. The Bertz CT molecular complexity index is 481. The first-order valence-corrected chi connectivity index (χ1v) is 8.13. The zero-order chi connectivity index (χ0) is 15.5. The topological polar surface area (TPSA) is 46.3 Å². The third-order valence-electron chi connectivity index (χ3n) is 4.88. The van der Waals surface area contributed by atoms with E-state index in [1.54, 1.807) is 0 Å². The molecule has 2 rings (SSSR count). The van der Waals surface area contributed by atoms with E-state index >= 15 is 0 Å². The number of nitrogens with two attached hydrogens (primary N) is 1. The maximum atomic E-state index is 13.1. The number of aryl methyl sites for hydroxylation is 1. The minimum Gasteiger partial charge on any atom is -0.335 e. The molecule has 0 spiro atoms. The van der Waals surface area contributed by atoms with Crippen LogP contribution in [0.25, 0.3) is 0 Å². The molecule has 3 heteroatoms. The SMILES string of the molecule is CCC(CC)(CN)C(=O)N(Cc1cccc(C)c1)C1CC1. The predicted molar refractivity (Wildman–Crippen MR) is 86.8 cm³/mol. The Labute approximate surface area is 128 Å². The molecule has 1 amide bonds. The van der Waals surface area contributed by atoms with Crippen molar-refractivity contribution in [3.63, 3.8) is 0 Å². The van der Waals surface area contributed by atoms with Gasteiger partial charge in [0, 0.05) is 19.1 Å². The molecule has 1 aliphatic carbocycles. The molecule has 0 heterocycles. The van der Waals surface area contributed by atoms with Crippen LogP contribution in [-0.4, -0.2) is 23.4 Å². The number of carbonyl (C=O) groups excluding carboxylic acids is 1. The van der Waals surface area contributed by atoms with Crippen molar-refractivity contribution in [3.8, 4) is 0 Å². The highest BCUT2D eigenvalue weighted by atomic mass is 16.2. The van der Waals surface area contributed by atoms with Crippen molar-refractivity contribution in [3.05, 3.63) is 35.4 Å². The number of nitrogens with zero attached hydrogens (tertiary/aromatic N) is 1. The lowest BCUT2D eigenvalue weighted by molar-refractivity contribution is -0.143. The Morgan fingerprint density at radius 2 is 2.00 bits per heavy atom. The smallest absolute Gasteiger partial charge is 0.230 e. The van der Waals surface area contributed by atoms with Crippen molar-refractivity contribution in [2.24, 2.45) is 11.1 Å². The van der Waals surface area contributed by atoms with Crippen molar-refractivity contribution in [2.45, 2.75) is 59.0 Å². The van der Waals surface area contributed by atoms with Crippen LogP contribution < -0.4 is 5.73 Å². The highest BCUT2D eigenvalue weighted by Gasteiger charge is 2.42. The molecule has 0 aromatic heterocycles. The normalized spacial score (nSPS) is 15.0. The summed E-state index contributed by atoms with van der Waals surface area (Å²) < 4.78 is 0. The molecule has 1 aromatic rings. The Morgan fingerprint density at radius 3 is 2.48 bits per heavy atom. The van der Waals surface area contributed by atoms with Crippen LogP contribution in [0, 0.1) is 12.3 Å². The van der Waals surface area contributed by atoms with Gasteiger partial charge in [-0.3, -0.25) is 4.79 Å². The third kappa shape index (κ3) is 3.46. The van der Waals surface area contributed by atoms with Gasteiger partial charge in [-0.1, -0.05) is 43.7 Å². The highest BCUT2D eigenvalue weighted by molar-refractivity contribution is 5.83. The molecular weight excluding hydrogens is 260 g/mol. The quantitative estimate of drug-likeness (QED) is 0.837. The lowest BCUT2D eigenvalue weighted by atomic mass is 9.80. The second kappa shape index (κ2) is 6.61. The number of benzene rings is 1. The first-order chi connectivity index (χ1) is 10.1. The van der Waals surface area contributed by atoms with Gasteiger partial charge < -0.3 is 10.6 Å². The molecule has 116 valence electrons. The second-order valence-corrected chi connectivity index (χ2v) is 6.34. The molecular formula is C18H28N2O. The van der Waals surface area contributed by atoms with Crippen molar-refractivity contribution in [1.82, 2.24) is 4.90 Å². The second-order valence-electron chi connectivity index (χ2n) is 6.34. The number of hydrogen-bond donors (Lipinski definition) is 1. The number of carbonyl (C=O) groups is 1. The van der Waals surface area contributed by atoms with Gasteiger partial charge in [-0.25, -0.2) is 0 Å². The summed E-state index contributed by atoms with van der Waals surface area (Å²) in [5.41, 5.74) is 8.03. The monoisotopic (exact) mass is 288 g/mol. The van der Waals surface area contributed by atoms with Crippen molar-refractivity contribution in [2.75, 3.05) is 6.54 Å². The van der Waals surface area contributed by atoms with Gasteiger partial charge in [0.1, 0.15) is 0 Å². The molecule has 0 radical (unpaired) electrons. The minimum absolute atomic E-state index is 0.249. The van der Waals surface area contributed by atoms with Gasteiger partial charge in [0.25, 0.3) is 0 Å². The molecule has 0 unspecified atom stereocenters. The van der Waals surface area contributed by atoms with Gasteiger partial charge in [0.2, 0.25) is 5.91 Å². The Balaban J connectivity index is 2.21. The van der Waals surface area contributed by atoms with Gasteiger partial charge in [-0.2, -0.15) is 0 Å². The molecule has 1 fully saturated rings. The molecule has 2 N–H and O–H groups in total. The average Bonchev–Trinajstić information content (AvgIpc) is 3.32. The van der Waals surface area contributed by atoms with E-state index in [1.165, 1.54) is 11.1 Å². The van der Waals surface area contributed by atoms with Gasteiger partial charge in [0.05, 0.1) is 5.41 Å². The molecule has 1 saturated carbocycles. The van der Waals surface area contributed by atoms with Gasteiger partial charge in [-0.05, 0) is 38.2 Å². The van der Waals surface area contributed by atoms with Crippen LogP contribution in [-0.2, 0) is 11.3 Å². The minimum atomic E-state index is -0.383. The van der Waals surface area contributed by atoms with Crippen molar-refractivity contribution < 1.29 is 4.79 Å². The van der Waals surface area contributed by atoms with Gasteiger partial charge in [-0.15, -0.1) is 0 Å². The molecule has 1 aromatic carbocycles. The zero-order valence-electron chi connectivity index (χ0n) is 13.6. The van der Waals surface area contributed by atoms with E-state index in [-0.39, 0.29) is 11.3 Å². The summed E-state index contributed by atoms with van der Waals surface area (Å²) in [6.07, 6.45) is 3.89. The summed E-state index contributed by atoms with van der Waals surface area (Å²) >= 11 is 0. The fourth-order valence-electron chi connectivity index (χ4n) is 2.99. The van der Waals surface area contributed by atoms with Crippen LogP contribution in [0.1, 0.15) is 50.7 Å². The van der Waals surface area contributed by atoms with Gasteiger partial charge >= 0.3 is 0 Å². The van der Waals surface area contributed by atoms with Crippen molar-refractivity contribution in [1.29, 1.82) is 0 Å². The molecule has 0 aliphatic heterocycles. The fraction of sp³-hybridized carbons (Fsp3) is 0.611. The summed E-state index contributed by atoms with van der Waals surface area (Å²) in [6.45, 7) is 7.40. The number of amides is 1. The molecule has 21 heavy (non-hydrogen) atoms. The summed E-state index contributed by atoms with van der Waals surface area (Å²) in [7, 11) is 0. The lowest BCUT2D eigenvalue weighted by Gasteiger charge is -2.35. The summed E-state index contributed by atoms with van der Waals surface area (Å²) in [5, 5.41) is 0. The van der Waals surface area contributed by atoms with E-state index < -0.39 is 0 Å². The molecule has 0 bridgehead atoms. The molecule has 3 nitrogen and oxygen atoms in total. The molecule has 0 atom stereocenters. The highest BCUT2D eigenvalue weighted by Crippen LogP contribution is 2.35. The summed E-state index contributed by atoms with van der Waals surface area (Å²) in [6, 6.07) is 8.86.